The summed E-state index contributed by atoms with van der Waals surface area (Å²) in [6, 6.07) is 5.91. The average molecular weight is 348 g/mol. The van der Waals surface area contributed by atoms with Gasteiger partial charge in [-0.2, -0.15) is 11.3 Å². The minimum Gasteiger partial charge on any atom is -0.496 e. The predicted molar refractivity (Wildman–Crippen MR) is 94.0 cm³/mol. The van der Waals surface area contributed by atoms with Crippen LogP contribution in [0.15, 0.2) is 35.2 Å². The molecular formula is C16H14ClN3O2S. The number of hydrogen-bond donors (Lipinski definition) is 1. The van der Waals surface area contributed by atoms with Gasteiger partial charge in [0.25, 0.3) is 0 Å². The van der Waals surface area contributed by atoms with Gasteiger partial charge in [0.15, 0.2) is 5.65 Å². The van der Waals surface area contributed by atoms with Crippen LogP contribution in [-0.4, -0.2) is 26.6 Å². The topological polar surface area (TPSA) is 59.7 Å². The van der Waals surface area contributed by atoms with Crippen molar-refractivity contribution in [2.45, 2.75) is 6.92 Å². The SMILES string of the molecule is COc1cc2ncc3nc(C)c(O)n3c2cc1-c1ccsc1.Cl. The molecule has 0 bridgehead atoms. The molecule has 0 amide bonds. The Labute approximate surface area is 142 Å². The van der Waals surface area contributed by atoms with E-state index in [1.807, 2.05) is 23.6 Å². The molecule has 1 aromatic carbocycles. The summed E-state index contributed by atoms with van der Waals surface area (Å²) in [5, 5.41) is 14.4. The molecule has 0 saturated carbocycles. The molecule has 0 aliphatic rings. The zero-order valence-electron chi connectivity index (χ0n) is 12.5. The Bertz CT molecular complexity index is 996. The van der Waals surface area contributed by atoms with Crippen molar-refractivity contribution in [3.8, 4) is 22.8 Å². The van der Waals surface area contributed by atoms with Crippen LogP contribution in [-0.2, 0) is 0 Å². The summed E-state index contributed by atoms with van der Waals surface area (Å²) < 4.78 is 7.22. The highest BCUT2D eigenvalue weighted by Gasteiger charge is 2.15. The van der Waals surface area contributed by atoms with Gasteiger partial charge in [-0.3, -0.25) is 9.38 Å². The molecule has 4 aromatic rings. The molecule has 118 valence electrons. The van der Waals surface area contributed by atoms with E-state index in [0.717, 1.165) is 27.9 Å². The molecule has 0 aliphatic carbocycles. The number of thiophene rings is 1. The lowest BCUT2D eigenvalue weighted by atomic mass is 10.1. The van der Waals surface area contributed by atoms with E-state index in [-0.39, 0.29) is 18.3 Å². The molecule has 0 fully saturated rings. The molecule has 3 aromatic heterocycles. The maximum Gasteiger partial charge on any atom is 0.219 e. The number of ether oxygens (including phenoxy) is 1. The Morgan fingerprint density at radius 1 is 1.30 bits per heavy atom. The van der Waals surface area contributed by atoms with E-state index in [2.05, 4.69) is 15.3 Å². The Morgan fingerprint density at radius 3 is 2.83 bits per heavy atom. The monoisotopic (exact) mass is 347 g/mol. The zero-order chi connectivity index (χ0) is 15.3. The number of aromatic hydroxyl groups is 1. The molecule has 1 N–H and O–H groups in total. The van der Waals surface area contributed by atoms with E-state index >= 15 is 0 Å². The molecule has 0 unspecified atom stereocenters. The van der Waals surface area contributed by atoms with Crippen molar-refractivity contribution in [2.24, 2.45) is 0 Å². The van der Waals surface area contributed by atoms with E-state index in [1.165, 1.54) is 0 Å². The lowest BCUT2D eigenvalue weighted by Gasteiger charge is -2.10. The van der Waals surface area contributed by atoms with Gasteiger partial charge in [-0.1, -0.05) is 0 Å². The number of nitrogens with zero attached hydrogens (tertiary/aromatic N) is 3. The molecule has 0 radical (unpaired) electrons. The van der Waals surface area contributed by atoms with Gasteiger partial charge >= 0.3 is 0 Å². The first-order chi connectivity index (χ1) is 10.7. The van der Waals surface area contributed by atoms with E-state index < -0.39 is 0 Å². The first-order valence-corrected chi connectivity index (χ1v) is 7.70. The van der Waals surface area contributed by atoms with E-state index in [4.69, 9.17) is 4.74 Å². The second kappa shape index (κ2) is 5.72. The summed E-state index contributed by atoms with van der Waals surface area (Å²) in [7, 11) is 1.65. The molecule has 0 saturated heterocycles. The maximum atomic E-state index is 10.3. The van der Waals surface area contributed by atoms with Crippen LogP contribution in [0.5, 0.6) is 11.6 Å². The summed E-state index contributed by atoms with van der Waals surface area (Å²) in [4.78, 5) is 8.74. The lowest BCUT2D eigenvalue weighted by Crippen LogP contribution is -1.94. The maximum absolute atomic E-state index is 10.3. The number of methoxy groups -OCH3 is 1. The van der Waals surface area contributed by atoms with Crippen LogP contribution in [0.3, 0.4) is 0 Å². The van der Waals surface area contributed by atoms with Crippen LogP contribution in [0.1, 0.15) is 5.69 Å². The quantitative estimate of drug-likeness (QED) is 0.594. The molecule has 23 heavy (non-hydrogen) atoms. The van der Waals surface area contributed by atoms with Gasteiger partial charge in [-0.05, 0) is 35.4 Å². The van der Waals surface area contributed by atoms with Crippen LogP contribution in [0.2, 0.25) is 0 Å². The highest BCUT2D eigenvalue weighted by Crippen LogP contribution is 2.36. The number of aryl methyl sites for hydroxylation is 1. The van der Waals surface area contributed by atoms with Crippen molar-refractivity contribution in [3.63, 3.8) is 0 Å². The van der Waals surface area contributed by atoms with Crippen molar-refractivity contribution >= 4 is 40.4 Å². The fourth-order valence-electron chi connectivity index (χ4n) is 2.65. The number of fused-ring (bicyclic) bond motifs is 3. The fourth-order valence-corrected chi connectivity index (χ4v) is 3.30. The summed E-state index contributed by atoms with van der Waals surface area (Å²) >= 11 is 1.63. The van der Waals surface area contributed by atoms with Crippen molar-refractivity contribution < 1.29 is 9.84 Å². The standard InChI is InChI=1S/C16H13N3O2S.ClH/c1-9-16(20)19-13-5-11(10-3-4-22-8-10)14(21-2)6-12(13)17-7-15(19)18-9;/h3-8,20H,1-2H3;1H. The Morgan fingerprint density at radius 2 is 2.13 bits per heavy atom. The molecule has 7 heteroatoms. The Kier molecular flexibility index (Phi) is 3.87. The Hall–Kier alpha value is -2.31. The third kappa shape index (κ3) is 2.31. The number of imidazole rings is 1. The van der Waals surface area contributed by atoms with Gasteiger partial charge in [0.05, 0.1) is 24.3 Å². The normalized spacial score (nSPS) is 10.9. The molecular weight excluding hydrogens is 334 g/mol. The van der Waals surface area contributed by atoms with E-state index in [9.17, 15) is 5.11 Å². The number of halogens is 1. The second-order valence-electron chi connectivity index (χ2n) is 5.03. The van der Waals surface area contributed by atoms with Crippen molar-refractivity contribution in [2.75, 3.05) is 7.11 Å². The largest absolute Gasteiger partial charge is 0.496 e. The first-order valence-electron chi connectivity index (χ1n) is 6.76. The highest BCUT2D eigenvalue weighted by atomic mass is 35.5. The number of hydrogen-bond acceptors (Lipinski definition) is 5. The number of aromatic nitrogens is 3. The van der Waals surface area contributed by atoms with Crippen LogP contribution in [0.4, 0.5) is 0 Å². The zero-order valence-corrected chi connectivity index (χ0v) is 14.1. The van der Waals surface area contributed by atoms with Gasteiger partial charge in [0, 0.05) is 11.6 Å². The van der Waals surface area contributed by atoms with E-state index in [1.54, 1.807) is 36.0 Å². The number of rotatable bonds is 2. The smallest absolute Gasteiger partial charge is 0.219 e. The van der Waals surface area contributed by atoms with Crippen LogP contribution in [0, 0.1) is 6.92 Å². The number of benzene rings is 1. The van der Waals surface area contributed by atoms with Gasteiger partial charge in [0.1, 0.15) is 11.4 Å². The third-order valence-electron chi connectivity index (χ3n) is 3.74. The summed E-state index contributed by atoms with van der Waals surface area (Å²) in [6.07, 6.45) is 1.65. The van der Waals surface area contributed by atoms with Crippen LogP contribution in [0.25, 0.3) is 27.8 Å². The fraction of sp³-hybridized carbons (Fsp3) is 0.125. The minimum atomic E-state index is 0. The minimum absolute atomic E-state index is 0. The first kappa shape index (κ1) is 15.6. The van der Waals surface area contributed by atoms with Crippen LogP contribution >= 0.6 is 23.7 Å². The lowest BCUT2D eigenvalue weighted by molar-refractivity contribution is 0.417. The van der Waals surface area contributed by atoms with Gasteiger partial charge in [0.2, 0.25) is 5.88 Å². The predicted octanol–water partition coefficient (Wildman–Crippen LogP) is 4.06. The summed E-state index contributed by atoms with van der Waals surface area (Å²) in [6.45, 7) is 1.78. The summed E-state index contributed by atoms with van der Waals surface area (Å²) in [5.41, 5.74) is 4.81. The molecule has 0 spiro atoms. The molecule has 3 heterocycles. The highest BCUT2D eigenvalue weighted by molar-refractivity contribution is 7.08. The van der Waals surface area contributed by atoms with Crippen molar-refractivity contribution in [1.82, 2.24) is 14.4 Å². The van der Waals surface area contributed by atoms with Gasteiger partial charge in [-0.15, -0.1) is 12.4 Å². The van der Waals surface area contributed by atoms with Crippen molar-refractivity contribution in [3.05, 3.63) is 40.8 Å². The van der Waals surface area contributed by atoms with Gasteiger partial charge < -0.3 is 9.84 Å². The molecule has 4 rings (SSSR count). The average Bonchev–Trinajstić information content (AvgIpc) is 3.15. The molecule has 0 atom stereocenters. The van der Waals surface area contributed by atoms with Crippen molar-refractivity contribution in [1.29, 1.82) is 0 Å². The third-order valence-corrected chi connectivity index (χ3v) is 4.42. The van der Waals surface area contributed by atoms with Crippen LogP contribution < -0.4 is 4.74 Å². The second-order valence-corrected chi connectivity index (χ2v) is 5.81. The molecule has 0 aliphatic heterocycles. The van der Waals surface area contributed by atoms with E-state index in [0.29, 0.717) is 11.3 Å². The Balaban J connectivity index is 0.00000156. The molecule has 5 nitrogen and oxygen atoms in total. The summed E-state index contributed by atoms with van der Waals surface area (Å²) in [5.74, 6) is 0.901. The van der Waals surface area contributed by atoms with Gasteiger partial charge in [-0.25, -0.2) is 4.98 Å².